The van der Waals surface area contributed by atoms with Crippen molar-refractivity contribution in [2.75, 3.05) is 32.7 Å². The highest BCUT2D eigenvalue weighted by Crippen LogP contribution is 2.69. The fourth-order valence-corrected chi connectivity index (χ4v) is 5.12. The highest BCUT2D eigenvalue weighted by atomic mass is 31.2. The molecule has 0 fully saturated rings. The predicted octanol–water partition coefficient (Wildman–Crippen LogP) is -3.88. The Morgan fingerprint density at radius 3 is 1.86 bits per heavy atom. The first-order chi connectivity index (χ1) is 15.8. The van der Waals surface area contributed by atoms with E-state index < -0.39 is 82.0 Å². The Balaban J connectivity index is 5.18. The van der Waals surface area contributed by atoms with Crippen LogP contribution in [0.3, 0.4) is 0 Å². The van der Waals surface area contributed by atoms with E-state index in [1.54, 1.807) is 0 Å². The number of carboxylic acid groups (broad SMARTS) is 3. The first kappa shape index (κ1) is 33.0. The summed E-state index contributed by atoms with van der Waals surface area (Å²) in [5.74, 6) is -5.33. The van der Waals surface area contributed by atoms with Gasteiger partial charge in [-0.2, -0.15) is 0 Å². The molecular weight excluding hydrogens is 522 g/mol. The normalized spacial score (nSPS) is 14.5. The molecular formula is C15H30N4O14P2. The lowest BCUT2D eigenvalue weighted by Crippen LogP contribution is -2.50. The summed E-state index contributed by atoms with van der Waals surface area (Å²) < 4.78 is 23.0. The molecule has 0 aliphatic carbocycles. The molecule has 2 atom stereocenters. The number of nitrogens with zero attached hydrogens (tertiary/aromatic N) is 1. The van der Waals surface area contributed by atoms with Gasteiger partial charge in [0.2, 0.25) is 5.91 Å². The molecule has 0 aromatic heterocycles. The van der Waals surface area contributed by atoms with Gasteiger partial charge in [-0.1, -0.05) is 0 Å². The first-order valence-corrected chi connectivity index (χ1v) is 13.0. The smallest absolute Gasteiger partial charge is 0.369 e. The Kier molecular flexibility index (Phi) is 13.1. The molecule has 0 aliphatic rings. The summed E-state index contributed by atoms with van der Waals surface area (Å²) in [5.41, 5.74) is 5.24. The van der Waals surface area contributed by atoms with Crippen LogP contribution in [0.5, 0.6) is 0 Å². The van der Waals surface area contributed by atoms with Crippen molar-refractivity contribution < 1.29 is 68.3 Å². The third-order valence-electron chi connectivity index (χ3n) is 4.74. The second kappa shape index (κ2) is 13.9. The number of aliphatic carboxylic acids is 3. The van der Waals surface area contributed by atoms with E-state index >= 15 is 0 Å². The standard InChI is InChI=1S/C15H30N4O14P2/c16-13(24)10(1-2-15(27,34(28,29)30)35(31,32)33)19(8-12(22)23)6-5-17-3-4-18-9(14(25)26)7-11(20)21/h9-10,17-18,27H,1-8H2,(H2,16,24)(H,20,21)(H,22,23)(H,25,26)(H2,28,29,30)(H2,31,32,33). The Morgan fingerprint density at radius 2 is 1.46 bits per heavy atom. The van der Waals surface area contributed by atoms with Crippen molar-refractivity contribution in [3.63, 3.8) is 0 Å². The number of primary amides is 1. The number of hydrogen-bond acceptors (Lipinski definition) is 10. The number of nitrogens with one attached hydrogen (secondary N) is 2. The maximum atomic E-state index is 11.9. The molecule has 35 heavy (non-hydrogen) atoms. The van der Waals surface area contributed by atoms with E-state index in [1.807, 2.05) is 0 Å². The Morgan fingerprint density at radius 1 is 0.914 bits per heavy atom. The lowest BCUT2D eigenvalue weighted by Gasteiger charge is -2.33. The summed E-state index contributed by atoms with van der Waals surface area (Å²) >= 11 is 0. The van der Waals surface area contributed by atoms with Crippen molar-refractivity contribution in [1.29, 1.82) is 0 Å². The summed E-state index contributed by atoms with van der Waals surface area (Å²) in [6, 6.07) is -2.94. The van der Waals surface area contributed by atoms with E-state index in [0.717, 1.165) is 4.90 Å². The van der Waals surface area contributed by atoms with Gasteiger partial charge >= 0.3 is 33.1 Å². The van der Waals surface area contributed by atoms with Gasteiger partial charge in [0.1, 0.15) is 6.04 Å². The van der Waals surface area contributed by atoms with E-state index in [0.29, 0.717) is 0 Å². The van der Waals surface area contributed by atoms with Crippen LogP contribution in [-0.2, 0) is 28.3 Å². The number of carbonyl (C=O) groups excluding carboxylic acids is 1. The number of carboxylic acids is 3. The van der Waals surface area contributed by atoms with Crippen LogP contribution in [0.1, 0.15) is 19.3 Å². The first-order valence-electron chi connectivity index (χ1n) is 9.81. The molecule has 20 heteroatoms. The number of rotatable bonds is 19. The molecule has 0 bridgehead atoms. The molecule has 0 aliphatic heterocycles. The van der Waals surface area contributed by atoms with E-state index in [4.69, 9.17) is 21.1 Å². The maximum absolute atomic E-state index is 11.9. The van der Waals surface area contributed by atoms with Gasteiger partial charge in [-0.3, -0.25) is 33.2 Å². The summed E-state index contributed by atoms with van der Waals surface area (Å²) in [6.07, 6.45) is -2.77. The fraction of sp³-hybridized carbons (Fsp3) is 0.733. The number of amides is 1. The highest BCUT2D eigenvalue weighted by Gasteiger charge is 2.59. The lowest BCUT2D eigenvalue weighted by atomic mass is 10.1. The third-order valence-corrected chi connectivity index (χ3v) is 8.62. The number of aliphatic hydroxyl groups is 1. The van der Waals surface area contributed by atoms with Gasteiger partial charge in [0.25, 0.3) is 5.08 Å². The average molecular weight is 552 g/mol. The van der Waals surface area contributed by atoms with Crippen LogP contribution in [0.25, 0.3) is 0 Å². The fourth-order valence-electron chi connectivity index (χ4n) is 2.92. The van der Waals surface area contributed by atoms with Crippen molar-refractivity contribution in [1.82, 2.24) is 15.5 Å². The quantitative estimate of drug-likeness (QED) is 0.0539. The molecule has 18 nitrogen and oxygen atoms in total. The van der Waals surface area contributed by atoms with Crippen LogP contribution in [0, 0.1) is 0 Å². The van der Waals surface area contributed by atoms with Crippen LogP contribution < -0.4 is 16.4 Å². The van der Waals surface area contributed by atoms with E-state index in [9.17, 15) is 53.0 Å². The van der Waals surface area contributed by atoms with Crippen molar-refractivity contribution in [2.24, 2.45) is 5.73 Å². The minimum atomic E-state index is -5.80. The van der Waals surface area contributed by atoms with Crippen molar-refractivity contribution in [2.45, 2.75) is 36.4 Å². The molecule has 0 spiro atoms. The molecule has 0 saturated heterocycles. The Bertz CT molecular complexity index is 837. The van der Waals surface area contributed by atoms with Crippen LogP contribution in [0.2, 0.25) is 0 Å². The molecule has 0 saturated carbocycles. The van der Waals surface area contributed by atoms with Crippen molar-refractivity contribution in [3.8, 4) is 0 Å². The maximum Gasteiger partial charge on any atom is 0.369 e. The van der Waals surface area contributed by atoms with Gasteiger partial charge in [-0.25, -0.2) is 0 Å². The topological polar surface area (TPSA) is 318 Å². The van der Waals surface area contributed by atoms with Gasteiger partial charge in [0.05, 0.1) is 19.0 Å². The second-order valence-electron chi connectivity index (χ2n) is 7.38. The van der Waals surface area contributed by atoms with Crippen molar-refractivity contribution in [3.05, 3.63) is 0 Å². The van der Waals surface area contributed by atoms with E-state index in [-0.39, 0.29) is 26.2 Å². The van der Waals surface area contributed by atoms with Gasteiger partial charge in [0.15, 0.2) is 0 Å². The Hall–Kier alpha value is -1.98. The molecule has 0 radical (unpaired) electrons. The molecule has 0 rings (SSSR count). The highest BCUT2D eigenvalue weighted by molar-refractivity contribution is 7.72. The number of nitrogens with two attached hydrogens (primary N) is 1. The summed E-state index contributed by atoms with van der Waals surface area (Å²) in [4.78, 5) is 82.5. The molecule has 0 heterocycles. The molecule has 0 aromatic carbocycles. The van der Waals surface area contributed by atoms with Crippen LogP contribution in [-0.4, -0.2) is 119 Å². The lowest BCUT2D eigenvalue weighted by molar-refractivity contribution is -0.145. The van der Waals surface area contributed by atoms with Gasteiger partial charge < -0.3 is 56.4 Å². The van der Waals surface area contributed by atoms with Crippen LogP contribution in [0.15, 0.2) is 0 Å². The number of carbonyl (C=O) groups is 4. The minimum Gasteiger partial charge on any atom is -0.481 e. The molecule has 12 N–H and O–H groups in total. The largest absolute Gasteiger partial charge is 0.481 e. The summed E-state index contributed by atoms with van der Waals surface area (Å²) in [5, 5.41) is 38.1. The molecule has 2 unspecified atom stereocenters. The van der Waals surface area contributed by atoms with E-state index in [2.05, 4.69) is 10.6 Å². The van der Waals surface area contributed by atoms with Crippen molar-refractivity contribution >= 4 is 39.0 Å². The van der Waals surface area contributed by atoms with Crippen LogP contribution >= 0.6 is 15.2 Å². The van der Waals surface area contributed by atoms with Gasteiger partial charge in [0, 0.05) is 32.6 Å². The summed E-state index contributed by atoms with van der Waals surface area (Å²) in [6.45, 7) is -0.975. The van der Waals surface area contributed by atoms with Crippen LogP contribution in [0.4, 0.5) is 0 Å². The SMILES string of the molecule is NC(=O)C(CCC(O)(P(=O)(O)O)P(=O)(O)O)N(CCNCCNC(CC(=O)O)C(=O)O)CC(=O)O. The van der Waals surface area contributed by atoms with Gasteiger partial charge in [-0.15, -0.1) is 0 Å². The summed E-state index contributed by atoms with van der Waals surface area (Å²) in [7, 11) is -11.6. The minimum absolute atomic E-state index is 0.0000277. The Labute approximate surface area is 198 Å². The molecule has 0 aromatic rings. The second-order valence-corrected chi connectivity index (χ2v) is 11.4. The zero-order valence-electron chi connectivity index (χ0n) is 18.3. The average Bonchev–Trinajstić information content (AvgIpc) is 2.66. The molecule has 1 amide bonds. The third kappa shape index (κ3) is 11.1. The molecule has 204 valence electrons. The number of hydrogen-bond donors (Lipinski definition) is 11. The zero-order chi connectivity index (χ0) is 27.6. The van der Waals surface area contributed by atoms with E-state index in [1.165, 1.54) is 0 Å². The predicted molar refractivity (Wildman–Crippen MR) is 115 cm³/mol. The zero-order valence-corrected chi connectivity index (χ0v) is 20.0. The monoisotopic (exact) mass is 552 g/mol. The van der Waals surface area contributed by atoms with Gasteiger partial charge in [-0.05, 0) is 6.42 Å².